The van der Waals surface area contributed by atoms with Crippen LogP contribution < -0.4 is 16.9 Å². The van der Waals surface area contributed by atoms with Gasteiger partial charge in [-0.05, 0) is 6.92 Å². The second-order valence-electron chi connectivity index (χ2n) is 0.972. The normalized spacial score (nSPS) is 10.3. The van der Waals surface area contributed by atoms with Crippen molar-refractivity contribution in [2.75, 3.05) is 6.54 Å². The van der Waals surface area contributed by atoms with E-state index in [9.17, 15) is 0 Å². The highest BCUT2D eigenvalue weighted by Gasteiger charge is 1.86. The van der Waals surface area contributed by atoms with Gasteiger partial charge in [-0.1, -0.05) is 0 Å². The van der Waals surface area contributed by atoms with Crippen LogP contribution in [-0.2, 0) is 0 Å². The van der Waals surface area contributed by atoms with Crippen LogP contribution in [0.2, 0.25) is 0 Å². The standard InChI is InChI=1S/C2H10N4O/c1-2-6(7)5-4-3/h4-5,7H,2-3H2,1H3. The summed E-state index contributed by atoms with van der Waals surface area (Å²) in [5, 5.41) is 9.26. The predicted octanol–water partition coefficient (Wildman–Crippen LogP) is -1.42. The zero-order chi connectivity index (χ0) is 5.70. The van der Waals surface area contributed by atoms with Gasteiger partial charge in [0.2, 0.25) is 0 Å². The van der Waals surface area contributed by atoms with Gasteiger partial charge < -0.3 is 0 Å². The van der Waals surface area contributed by atoms with Crippen LogP contribution in [0.5, 0.6) is 0 Å². The fourth-order valence-electron chi connectivity index (χ4n) is 0.154. The summed E-state index contributed by atoms with van der Waals surface area (Å²) in [5.74, 6) is 4.74. The number of rotatable bonds is 3. The first kappa shape index (κ1) is 6.80. The number of hydrogen-bond acceptors (Lipinski definition) is 5. The molecule has 0 spiro atoms. The Kier molecular flexibility index (Phi) is 3.86. The molecule has 5 nitrogen and oxygen atoms in total. The molecule has 0 aromatic heterocycles. The molecule has 0 radical (unpaired) electrons. The highest BCUT2D eigenvalue weighted by atomic mass is 16.5. The Hall–Kier alpha value is -0.200. The molecule has 0 heterocycles. The van der Waals surface area contributed by atoms with Crippen LogP contribution in [-0.4, -0.2) is 16.9 Å². The van der Waals surface area contributed by atoms with Gasteiger partial charge in [0.05, 0.1) is 0 Å². The highest BCUT2D eigenvalue weighted by Crippen LogP contribution is 1.63. The van der Waals surface area contributed by atoms with Crippen LogP contribution in [0, 0.1) is 0 Å². The predicted molar refractivity (Wildman–Crippen MR) is 24.6 cm³/mol. The lowest BCUT2D eigenvalue weighted by Gasteiger charge is -2.10. The first-order valence-corrected chi connectivity index (χ1v) is 1.99. The van der Waals surface area contributed by atoms with E-state index in [-0.39, 0.29) is 0 Å². The summed E-state index contributed by atoms with van der Waals surface area (Å²) >= 11 is 0. The van der Waals surface area contributed by atoms with Crippen molar-refractivity contribution < 1.29 is 5.21 Å². The van der Waals surface area contributed by atoms with Gasteiger partial charge in [-0.3, -0.25) is 11.0 Å². The van der Waals surface area contributed by atoms with Gasteiger partial charge in [0, 0.05) is 6.54 Å². The van der Waals surface area contributed by atoms with E-state index in [1.807, 2.05) is 5.53 Å². The van der Waals surface area contributed by atoms with Crippen molar-refractivity contribution in [1.29, 1.82) is 0 Å². The number of nitrogens with two attached hydrogens (primary N) is 1. The summed E-state index contributed by atoms with van der Waals surface area (Å²) in [4.78, 5) is 0. The molecule has 5 heteroatoms. The number of hydrazine groups is 3. The average Bonchev–Trinajstić information content (AvgIpc) is 1.68. The topological polar surface area (TPSA) is 73.5 Å². The van der Waals surface area contributed by atoms with Crippen molar-refractivity contribution in [2.45, 2.75) is 6.92 Å². The van der Waals surface area contributed by atoms with E-state index in [1.165, 1.54) is 0 Å². The Bertz CT molecular complexity index is 40.7. The first-order chi connectivity index (χ1) is 3.31. The number of hydrogen-bond donors (Lipinski definition) is 4. The van der Waals surface area contributed by atoms with Crippen LogP contribution >= 0.6 is 0 Å². The van der Waals surface area contributed by atoms with Gasteiger partial charge >= 0.3 is 0 Å². The van der Waals surface area contributed by atoms with Gasteiger partial charge in [0.25, 0.3) is 0 Å². The van der Waals surface area contributed by atoms with Gasteiger partial charge in [-0.2, -0.15) is 11.1 Å². The maximum Gasteiger partial charge on any atom is 0.0384 e. The zero-order valence-corrected chi connectivity index (χ0v) is 4.18. The van der Waals surface area contributed by atoms with Crippen molar-refractivity contribution >= 4 is 0 Å². The summed E-state index contributed by atoms with van der Waals surface area (Å²) in [7, 11) is 0. The van der Waals surface area contributed by atoms with E-state index in [2.05, 4.69) is 5.53 Å². The third-order valence-electron chi connectivity index (χ3n) is 0.493. The molecule has 0 aromatic carbocycles. The third-order valence-corrected chi connectivity index (χ3v) is 0.493. The molecule has 0 bridgehead atoms. The van der Waals surface area contributed by atoms with Crippen LogP contribution in [0.15, 0.2) is 0 Å². The molecule has 0 atom stereocenters. The Labute approximate surface area is 42.0 Å². The minimum absolute atomic E-state index is 0.476. The van der Waals surface area contributed by atoms with Crippen molar-refractivity contribution in [3.05, 3.63) is 0 Å². The van der Waals surface area contributed by atoms with Crippen LogP contribution in [0.4, 0.5) is 0 Å². The third kappa shape index (κ3) is 3.64. The number of nitrogens with one attached hydrogen (secondary N) is 2. The van der Waals surface area contributed by atoms with E-state index in [1.54, 1.807) is 6.92 Å². The summed E-state index contributed by atoms with van der Waals surface area (Å²) < 4.78 is 0. The summed E-state index contributed by atoms with van der Waals surface area (Å²) in [6, 6.07) is 0. The Morgan fingerprint density at radius 3 is 2.57 bits per heavy atom. The largest absolute Gasteiger partial charge is 0.298 e. The maximum atomic E-state index is 8.44. The summed E-state index contributed by atoms with van der Waals surface area (Å²) in [5.41, 5.74) is 4.26. The fourth-order valence-corrected chi connectivity index (χ4v) is 0.154. The molecule has 0 fully saturated rings. The molecule has 0 rings (SSSR count). The maximum absolute atomic E-state index is 8.44. The monoisotopic (exact) mass is 106 g/mol. The van der Waals surface area contributed by atoms with Gasteiger partial charge in [0.1, 0.15) is 0 Å². The number of nitrogens with zero attached hydrogens (tertiary/aromatic N) is 1. The Balaban J connectivity index is 2.83. The first-order valence-electron chi connectivity index (χ1n) is 1.99. The van der Waals surface area contributed by atoms with Gasteiger partial charge in [-0.15, -0.1) is 5.17 Å². The van der Waals surface area contributed by atoms with E-state index in [4.69, 9.17) is 11.0 Å². The molecular weight excluding hydrogens is 96.0 g/mol. The molecular formula is C2H10N4O. The molecule has 0 aliphatic rings. The SMILES string of the molecule is CCN(O)NNN. The molecule has 0 amide bonds. The summed E-state index contributed by atoms with van der Waals surface area (Å²) in [6.07, 6.45) is 0. The molecule has 5 N–H and O–H groups in total. The molecule has 0 aliphatic heterocycles. The lowest BCUT2D eigenvalue weighted by atomic mass is 10.8. The molecule has 7 heavy (non-hydrogen) atoms. The van der Waals surface area contributed by atoms with Crippen LogP contribution in [0.1, 0.15) is 6.92 Å². The minimum atomic E-state index is 0.476. The van der Waals surface area contributed by atoms with E-state index in [0.717, 1.165) is 5.17 Å². The minimum Gasteiger partial charge on any atom is -0.298 e. The highest BCUT2D eigenvalue weighted by molar-refractivity contribution is 4.16. The Morgan fingerprint density at radius 1 is 1.86 bits per heavy atom. The van der Waals surface area contributed by atoms with Crippen molar-refractivity contribution in [3.8, 4) is 0 Å². The quantitative estimate of drug-likeness (QED) is 0.262. The second-order valence-corrected chi connectivity index (χ2v) is 0.972. The van der Waals surface area contributed by atoms with Crippen molar-refractivity contribution in [3.63, 3.8) is 0 Å². The fraction of sp³-hybridized carbons (Fsp3) is 1.00. The van der Waals surface area contributed by atoms with Gasteiger partial charge in [-0.25, -0.2) is 0 Å². The Morgan fingerprint density at radius 2 is 2.43 bits per heavy atom. The van der Waals surface area contributed by atoms with E-state index in [0.29, 0.717) is 6.54 Å². The van der Waals surface area contributed by atoms with Crippen LogP contribution in [0.3, 0.4) is 0 Å². The molecule has 0 saturated carbocycles. The van der Waals surface area contributed by atoms with Crippen molar-refractivity contribution in [1.82, 2.24) is 16.2 Å². The molecule has 44 valence electrons. The molecule has 0 saturated heterocycles. The molecule has 0 aliphatic carbocycles. The number of hydroxylamine groups is 1. The molecule has 0 aromatic rings. The summed E-state index contributed by atoms with van der Waals surface area (Å²) in [6.45, 7) is 2.24. The smallest absolute Gasteiger partial charge is 0.0384 e. The lowest BCUT2D eigenvalue weighted by Crippen LogP contribution is -2.48. The average molecular weight is 106 g/mol. The van der Waals surface area contributed by atoms with Crippen LogP contribution in [0.25, 0.3) is 0 Å². The molecule has 0 unspecified atom stereocenters. The van der Waals surface area contributed by atoms with E-state index >= 15 is 0 Å². The van der Waals surface area contributed by atoms with E-state index < -0.39 is 0 Å². The zero-order valence-electron chi connectivity index (χ0n) is 4.18. The van der Waals surface area contributed by atoms with Gasteiger partial charge in [0.15, 0.2) is 0 Å². The van der Waals surface area contributed by atoms with Crippen molar-refractivity contribution in [2.24, 2.45) is 5.84 Å². The lowest BCUT2D eigenvalue weighted by molar-refractivity contribution is -0.145. The second kappa shape index (κ2) is 3.97.